The number of carbonyl (C=O) groups excluding carboxylic acids is 1. The number of aromatic nitrogens is 1. The van der Waals surface area contributed by atoms with Crippen LogP contribution in [0.1, 0.15) is 0 Å². The minimum Gasteiger partial charge on any atom is -0.493 e. The number of amides is 1. The van der Waals surface area contributed by atoms with Crippen molar-refractivity contribution in [2.45, 2.75) is 13.2 Å². The molecular formula is C15H14F2N2O4. The Bertz CT molecular complexity index is 746. The number of alkyl halides is 2. The van der Waals surface area contributed by atoms with E-state index in [4.69, 9.17) is 4.74 Å². The molecule has 0 atom stereocenters. The number of carbonyl (C=O) groups is 1. The van der Waals surface area contributed by atoms with Gasteiger partial charge in [-0.25, -0.2) is 0 Å². The van der Waals surface area contributed by atoms with E-state index in [1.165, 1.54) is 42.1 Å². The van der Waals surface area contributed by atoms with Gasteiger partial charge in [-0.1, -0.05) is 6.07 Å². The summed E-state index contributed by atoms with van der Waals surface area (Å²) in [6.07, 6.45) is 1.47. The number of anilines is 1. The van der Waals surface area contributed by atoms with Crippen LogP contribution in [0.15, 0.2) is 47.4 Å². The van der Waals surface area contributed by atoms with E-state index in [1.807, 2.05) is 0 Å². The highest BCUT2D eigenvalue weighted by atomic mass is 19.3. The van der Waals surface area contributed by atoms with E-state index in [1.54, 1.807) is 12.1 Å². The third-order valence-corrected chi connectivity index (χ3v) is 2.88. The zero-order valence-electron chi connectivity index (χ0n) is 12.2. The Morgan fingerprint density at radius 3 is 2.70 bits per heavy atom. The van der Waals surface area contributed by atoms with Gasteiger partial charge in [-0.15, -0.1) is 0 Å². The van der Waals surface area contributed by atoms with Gasteiger partial charge in [0.2, 0.25) is 5.91 Å². The SMILES string of the molecule is COc1ccc(NC(=O)Cn2ccccc2=O)cc1OC(F)F. The van der Waals surface area contributed by atoms with Gasteiger partial charge in [-0.05, 0) is 18.2 Å². The Kier molecular flexibility index (Phi) is 5.29. The summed E-state index contributed by atoms with van der Waals surface area (Å²) in [6.45, 7) is -3.21. The van der Waals surface area contributed by atoms with Crippen LogP contribution in [0.5, 0.6) is 11.5 Å². The molecule has 0 aliphatic carbocycles. The van der Waals surface area contributed by atoms with Gasteiger partial charge in [0.25, 0.3) is 5.56 Å². The fourth-order valence-electron chi connectivity index (χ4n) is 1.89. The highest BCUT2D eigenvalue weighted by molar-refractivity contribution is 5.90. The van der Waals surface area contributed by atoms with Crippen LogP contribution in [0, 0.1) is 0 Å². The van der Waals surface area contributed by atoms with E-state index >= 15 is 0 Å². The van der Waals surface area contributed by atoms with Crippen LogP contribution in [-0.4, -0.2) is 24.2 Å². The largest absolute Gasteiger partial charge is 0.493 e. The number of nitrogens with one attached hydrogen (secondary N) is 1. The van der Waals surface area contributed by atoms with Gasteiger partial charge in [0.1, 0.15) is 6.54 Å². The molecule has 0 fully saturated rings. The topological polar surface area (TPSA) is 69.6 Å². The fourth-order valence-corrected chi connectivity index (χ4v) is 1.89. The number of ether oxygens (including phenoxy) is 2. The summed E-state index contributed by atoms with van der Waals surface area (Å²) >= 11 is 0. The fraction of sp³-hybridized carbons (Fsp3) is 0.200. The molecule has 0 saturated heterocycles. The average molecular weight is 324 g/mol. The van der Waals surface area contributed by atoms with Crippen molar-refractivity contribution < 1.29 is 23.0 Å². The zero-order valence-corrected chi connectivity index (χ0v) is 12.2. The molecule has 1 heterocycles. The van der Waals surface area contributed by atoms with Crippen molar-refractivity contribution in [1.29, 1.82) is 0 Å². The molecular weight excluding hydrogens is 310 g/mol. The van der Waals surface area contributed by atoms with Crippen molar-refractivity contribution in [2.24, 2.45) is 0 Å². The van der Waals surface area contributed by atoms with Crippen molar-refractivity contribution >= 4 is 11.6 Å². The van der Waals surface area contributed by atoms with Gasteiger partial charge in [0.05, 0.1) is 7.11 Å². The summed E-state index contributed by atoms with van der Waals surface area (Å²) in [5, 5.41) is 2.50. The first-order valence-corrected chi connectivity index (χ1v) is 6.58. The second-order valence-corrected chi connectivity index (χ2v) is 4.46. The lowest BCUT2D eigenvalue weighted by Crippen LogP contribution is -2.26. The molecule has 0 saturated carbocycles. The van der Waals surface area contributed by atoms with Gasteiger partial charge >= 0.3 is 6.61 Å². The first-order chi connectivity index (χ1) is 11.0. The summed E-state index contributed by atoms with van der Waals surface area (Å²) in [6, 6.07) is 8.60. The smallest absolute Gasteiger partial charge is 0.387 e. The lowest BCUT2D eigenvalue weighted by molar-refractivity contribution is -0.116. The number of halogens is 2. The molecule has 0 spiro atoms. The van der Waals surface area contributed by atoms with Crippen molar-refractivity contribution in [3.8, 4) is 11.5 Å². The molecule has 6 nitrogen and oxygen atoms in total. The second kappa shape index (κ2) is 7.39. The first kappa shape index (κ1) is 16.5. The molecule has 0 bridgehead atoms. The summed E-state index contributed by atoms with van der Waals surface area (Å²) in [5.41, 5.74) is -0.0745. The Hall–Kier alpha value is -2.90. The summed E-state index contributed by atoms with van der Waals surface area (Å²) < 4.78 is 35.2. The van der Waals surface area contributed by atoms with E-state index in [0.29, 0.717) is 0 Å². The predicted molar refractivity (Wildman–Crippen MR) is 79.0 cm³/mol. The van der Waals surface area contributed by atoms with Crippen molar-refractivity contribution in [3.63, 3.8) is 0 Å². The maximum atomic E-state index is 12.4. The minimum atomic E-state index is -3.02. The maximum absolute atomic E-state index is 12.4. The minimum absolute atomic E-state index is 0.113. The van der Waals surface area contributed by atoms with Crippen molar-refractivity contribution in [2.75, 3.05) is 12.4 Å². The number of methoxy groups -OCH3 is 1. The van der Waals surface area contributed by atoms with Gasteiger partial charge in [-0.2, -0.15) is 8.78 Å². The lowest BCUT2D eigenvalue weighted by atomic mass is 10.2. The van der Waals surface area contributed by atoms with Crippen molar-refractivity contribution in [3.05, 3.63) is 52.9 Å². The molecule has 0 aliphatic rings. The van der Waals surface area contributed by atoms with Gasteiger partial charge in [0, 0.05) is 24.0 Å². The number of pyridine rings is 1. The molecule has 2 rings (SSSR count). The lowest BCUT2D eigenvalue weighted by Gasteiger charge is -2.12. The second-order valence-electron chi connectivity index (χ2n) is 4.46. The monoisotopic (exact) mass is 324 g/mol. The number of benzene rings is 1. The quantitative estimate of drug-likeness (QED) is 0.883. The summed E-state index contributed by atoms with van der Waals surface area (Å²) in [5.74, 6) is -0.564. The Labute approximate surface area is 130 Å². The van der Waals surface area contributed by atoms with Crippen molar-refractivity contribution in [1.82, 2.24) is 4.57 Å². The molecule has 122 valence electrons. The van der Waals surface area contributed by atoms with Gasteiger partial charge in [-0.3, -0.25) is 9.59 Å². The molecule has 1 aromatic heterocycles. The average Bonchev–Trinajstić information content (AvgIpc) is 2.49. The van der Waals surface area contributed by atoms with Crippen LogP contribution in [-0.2, 0) is 11.3 Å². The van der Waals surface area contributed by atoms with Crippen LogP contribution in [0.3, 0.4) is 0 Å². The zero-order chi connectivity index (χ0) is 16.8. The van der Waals surface area contributed by atoms with Crippen LogP contribution in [0.25, 0.3) is 0 Å². The molecule has 1 aromatic carbocycles. The van der Waals surface area contributed by atoms with Crippen LogP contribution < -0.4 is 20.3 Å². The Morgan fingerprint density at radius 2 is 2.04 bits per heavy atom. The predicted octanol–water partition coefficient (Wildman–Crippen LogP) is 2.10. The number of hydrogen-bond donors (Lipinski definition) is 1. The molecule has 1 N–H and O–H groups in total. The standard InChI is InChI=1S/C15H14F2N2O4/c1-22-11-6-5-10(8-12(11)23-15(16)17)18-13(20)9-19-7-3-2-4-14(19)21/h2-8,15H,9H2,1H3,(H,18,20). The summed E-state index contributed by atoms with van der Waals surface area (Å²) in [4.78, 5) is 23.5. The molecule has 0 radical (unpaired) electrons. The van der Waals surface area contributed by atoms with E-state index in [-0.39, 0.29) is 29.3 Å². The van der Waals surface area contributed by atoms with Crippen LogP contribution >= 0.6 is 0 Å². The molecule has 2 aromatic rings. The number of rotatable bonds is 6. The van der Waals surface area contributed by atoms with E-state index in [0.717, 1.165) is 0 Å². The molecule has 0 aliphatic heterocycles. The van der Waals surface area contributed by atoms with Crippen LogP contribution in [0.2, 0.25) is 0 Å². The van der Waals surface area contributed by atoms with E-state index < -0.39 is 12.5 Å². The van der Waals surface area contributed by atoms with Gasteiger partial charge < -0.3 is 19.4 Å². The number of hydrogen-bond acceptors (Lipinski definition) is 4. The third-order valence-electron chi connectivity index (χ3n) is 2.88. The Balaban J connectivity index is 2.11. The molecule has 1 amide bonds. The van der Waals surface area contributed by atoms with Crippen LogP contribution in [0.4, 0.5) is 14.5 Å². The summed E-state index contributed by atoms with van der Waals surface area (Å²) in [7, 11) is 1.31. The highest BCUT2D eigenvalue weighted by Gasteiger charge is 2.12. The Morgan fingerprint density at radius 1 is 1.26 bits per heavy atom. The van der Waals surface area contributed by atoms with Gasteiger partial charge in [0.15, 0.2) is 11.5 Å². The van der Waals surface area contributed by atoms with E-state index in [9.17, 15) is 18.4 Å². The molecule has 0 unspecified atom stereocenters. The normalized spacial score (nSPS) is 10.4. The number of nitrogens with zero attached hydrogens (tertiary/aromatic N) is 1. The molecule has 23 heavy (non-hydrogen) atoms. The third kappa shape index (κ3) is 4.53. The van der Waals surface area contributed by atoms with E-state index in [2.05, 4.69) is 10.1 Å². The maximum Gasteiger partial charge on any atom is 0.387 e. The first-order valence-electron chi connectivity index (χ1n) is 6.58. The highest BCUT2D eigenvalue weighted by Crippen LogP contribution is 2.31. The molecule has 8 heteroatoms.